The van der Waals surface area contributed by atoms with Gasteiger partial charge in [-0.15, -0.1) is 11.3 Å². The number of hydrogen-bond acceptors (Lipinski definition) is 4. The maximum Gasteiger partial charge on any atom is 0.194 e. The van der Waals surface area contributed by atoms with Crippen molar-refractivity contribution in [1.82, 2.24) is 14.8 Å². The highest BCUT2D eigenvalue weighted by molar-refractivity contribution is 7.21. The fraction of sp³-hybridized carbons (Fsp3) is 0.0500. The second-order valence-electron chi connectivity index (χ2n) is 5.98. The Morgan fingerprint density at radius 2 is 1.76 bits per heavy atom. The molecule has 1 aliphatic heterocycles. The Morgan fingerprint density at radius 3 is 2.60 bits per heavy atom. The molecule has 25 heavy (non-hydrogen) atoms. The first-order valence-electron chi connectivity index (χ1n) is 7.99. The molecule has 4 nitrogen and oxygen atoms in total. The van der Waals surface area contributed by atoms with Gasteiger partial charge in [0.2, 0.25) is 0 Å². The predicted octanol–water partition coefficient (Wildman–Crippen LogP) is 4.41. The molecule has 0 saturated carbocycles. The minimum Gasteiger partial charge on any atom is -0.289 e. The van der Waals surface area contributed by atoms with Crippen molar-refractivity contribution in [2.75, 3.05) is 0 Å². The minimum atomic E-state index is 0.0259. The largest absolute Gasteiger partial charge is 0.289 e. The Balaban J connectivity index is 1.92. The predicted molar refractivity (Wildman–Crippen MR) is 102 cm³/mol. The molecule has 1 aliphatic carbocycles. The first-order valence-corrected chi connectivity index (χ1v) is 8.81. The van der Waals surface area contributed by atoms with Crippen LogP contribution in [0.5, 0.6) is 0 Å². The molecule has 0 bridgehead atoms. The van der Waals surface area contributed by atoms with Crippen LogP contribution in [0, 0.1) is 6.92 Å². The van der Waals surface area contributed by atoms with Crippen LogP contribution < -0.4 is 5.43 Å². The van der Waals surface area contributed by atoms with Gasteiger partial charge in [0, 0.05) is 11.8 Å². The summed E-state index contributed by atoms with van der Waals surface area (Å²) in [5.74, 6) is 0. The van der Waals surface area contributed by atoms with E-state index in [1.807, 2.05) is 61.5 Å². The van der Waals surface area contributed by atoms with Crippen molar-refractivity contribution in [3.05, 3.63) is 76.6 Å². The standard InChI is InChI=1S/C20H13N3OS/c1-12-19(24)14-11-23(13-7-3-2-4-8-13)22-17(14)18-20(12)25-16-10-6-5-9-15(16)21-18/h2-11H,1H3. The van der Waals surface area contributed by atoms with E-state index in [0.29, 0.717) is 10.9 Å². The van der Waals surface area contributed by atoms with Crippen LogP contribution in [0.15, 0.2) is 65.6 Å². The fourth-order valence-electron chi connectivity index (χ4n) is 3.11. The molecule has 2 aromatic carbocycles. The molecule has 0 spiro atoms. The summed E-state index contributed by atoms with van der Waals surface area (Å²) in [6.07, 6.45) is 1.81. The molecule has 0 radical (unpaired) electrons. The molecule has 120 valence electrons. The summed E-state index contributed by atoms with van der Waals surface area (Å²) in [6.45, 7) is 1.87. The van der Waals surface area contributed by atoms with Gasteiger partial charge in [-0.3, -0.25) is 4.79 Å². The molecule has 1 aromatic heterocycles. The maximum absolute atomic E-state index is 12.8. The van der Waals surface area contributed by atoms with Crippen molar-refractivity contribution in [2.24, 2.45) is 0 Å². The molecular formula is C20H13N3OS. The number of rotatable bonds is 1. The lowest BCUT2D eigenvalue weighted by molar-refractivity contribution is 0.896. The maximum atomic E-state index is 12.8. The summed E-state index contributed by atoms with van der Waals surface area (Å²) in [5, 5.41) is 5.30. The molecular weight excluding hydrogens is 330 g/mol. The first-order chi connectivity index (χ1) is 12.2. The van der Waals surface area contributed by atoms with E-state index in [4.69, 9.17) is 4.98 Å². The second kappa shape index (κ2) is 5.22. The average molecular weight is 343 g/mol. The van der Waals surface area contributed by atoms with Crippen LogP contribution in [0.4, 0.5) is 0 Å². The zero-order chi connectivity index (χ0) is 17.0. The molecule has 0 atom stereocenters. The molecule has 0 N–H and O–H groups in total. The van der Waals surface area contributed by atoms with Gasteiger partial charge in [0.25, 0.3) is 0 Å². The molecule has 2 aliphatic rings. The monoisotopic (exact) mass is 343 g/mol. The zero-order valence-corrected chi connectivity index (χ0v) is 14.2. The summed E-state index contributed by atoms with van der Waals surface area (Å²) >= 11 is 1.60. The SMILES string of the molecule is Cc1c2sc3ccccc3nc-2c2nn(-c3ccccc3)cc2c1=O. The third kappa shape index (κ3) is 2.09. The normalized spacial score (nSPS) is 11.6. The van der Waals surface area contributed by atoms with E-state index in [1.165, 1.54) is 0 Å². The van der Waals surface area contributed by atoms with Crippen LogP contribution >= 0.6 is 11.3 Å². The van der Waals surface area contributed by atoms with Crippen molar-refractivity contribution in [2.45, 2.75) is 6.92 Å². The summed E-state index contributed by atoms with van der Waals surface area (Å²) < 4.78 is 2.83. The third-order valence-corrected chi connectivity index (χ3v) is 5.68. The van der Waals surface area contributed by atoms with E-state index in [1.54, 1.807) is 22.2 Å². The summed E-state index contributed by atoms with van der Waals surface area (Å²) in [7, 11) is 0. The van der Waals surface area contributed by atoms with Gasteiger partial charge in [-0.25, -0.2) is 9.67 Å². The highest BCUT2D eigenvalue weighted by Crippen LogP contribution is 2.36. The molecule has 0 unspecified atom stereocenters. The van der Waals surface area contributed by atoms with Gasteiger partial charge >= 0.3 is 0 Å². The number of nitrogens with zero attached hydrogens (tertiary/aromatic N) is 3. The van der Waals surface area contributed by atoms with Crippen LogP contribution in [0.1, 0.15) is 5.56 Å². The lowest BCUT2D eigenvalue weighted by Crippen LogP contribution is -2.08. The fourth-order valence-corrected chi connectivity index (χ4v) is 4.18. The number of fused-ring (bicyclic) bond motifs is 4. The van der Waals surface area contributed by atoms with E-state index in [0.717, 1.165) is 32.0 Å². The number of para-hydroxylation sites is 2. The van der Waals surface area contributed by atoms with E-state index in [-0.39, 0.29) is 5.43 Å². The van der Waals surface area contributed by atoms with Gasteiger partial charge < -0.3 is 0 Å². The lowest BCUT2D eigenvalue weighted by Gasteiger charge is -2.09. The van der Waals surface area contributed by atoms with Crippen LogP contribution in [-0.2, 0) is 0 Å². The molecule has 0 amide bonds. The van der Waals surface area contributed by atoms with Gasteiger partial charge in [0.05, 0.1) is 26.2 Å². The van der Waals surface area contributed by atoms with Gasteiger partial charge in [-0.05, 0) is 31.2 Å². The zero-order valence-electron chi connectivity index (χ0n) is 13.4. The van der Waals surface area contributed by atoms with E-state index < -0.39 is 0 Å². The average Bonchev–Trinajstić information content (AvgIpc) is 3.11. The Morgan fingerprint density at radius 1 is 1.00 bits per heavy atom. The number of hydrogen-bond donors (Lipinski definition) is 0. The van der Waals surface area contributed by atoms with Gasteiger partial charge in [0.15, 0.2) is 5.43 Å². The molecule has 5 heteroatoms. The summed E-state index contributed by atoms with van der Waals surface area (Å²) in [5.41, 5.74) is 4.07. The number of aromatic nitrogens is 3. The van der Waals surface area contributed by atoms with Crippen molar-refractivity contribution in [1.29, 1.82) is 0 Å². The Bertz CT molecular complexity index is 1270. The van der Waals surface area contributed by atoms with E-state index >= 15 is 0 Å². The molecule has 0 fully saturated rings. The van der Waals surface area contributed by atoms with Crippen molar-refractivity contribution in [3.8, 4) is 16.3 Å². The topological polar surface area (TPSA) is 47.8 Å². The molecule has 5 rings (SSSR count). The Kier molecular flexibility index (Phi) is 2.99. The van der Waals surface area contributed by atoms with Gasteiger partial charge in [-0.2, -0.15) is 5.10 Å². The summed E-state index contributed by atoms with van der Waals surface area (Å²) in [4.78, 5) is 18.6. The molecule has 0 saturated heterocycles. The van der Waals surface area contributed by atoms with Gasteiger partial charge in [-0.1, -0.05) is 30.3 Å². The van der Waals surface area contributed by atoms with Crippen molar-refractivity contribution < 1.29 is 0 Å². The van der Waals surface area contributed by atoms with Crippen LogP contribution in [0.2, 0.25) is 0 Å². The Labute approximate surface area is 147 Å². The van der Waals surface area contributed by atoms with E-state index in [9.17, 15) is 4.79 Å². The highest BCUT2D eigenvalue weighted by Gasteiger charge is 2.21. The van der Waals surface area contributed by atoms with E-state index in [2.05, 4.69) is 5.10 Å². The second-order valence-corrected chi connectivity index (χ2v) is 7.04. The Hall–Kier alpha value is -3.05. The minimum absolute atomic E-state index is 0.0259. The van der Waals surface area contributed by atoms with Gasteiger partial charge in [0.1, 0.15) is 11.2 Å². The number of benzene rings is 3. The molecule has 3 aromatic rings. The molecule has 2 heterocycles. The summed E-state index contributed by atoms with van der Waals surface area (Å²) in [6, 6.07) is 17.8. The van der Waals surface area contributed by atoms with Crippen LogP contribution in [0.25, 0.3) is 37.4 Å². The van der Waals surface area contributed by atoms with Crippen molar-refractivity contribution in [3.63, 3.8) is 0 Å². The lowest BCUT2D eigenvalue weighted by atomic mass is 10.1. The van der Waals surface area contributed by atoms with Crippen molar-refractivity contribution >= 4 is 32.5 Å². The smallest absolute Gasteiger partial charge is 0.194 e. The highest BCUT2D eigenvalue weighted by atomic mass is 32.1. The third-order valence-electron chi connectivity index (χ3n) is 4.41. The van der Waals surface area contributed by atoms with Crippen LogP contribution in [-0.4, -0.2) is 14.8 Å². The van der Waals surface area contributed by atoms with Crippen LogP contribution in [0.3, 0.4) is 0 Å². The first kappa shape index (κ1) is 14.3. The quantitative estimate of drug-likeness (QED) is 0.424.